The van der Waals surface area contributed by atoms with E-state index in [0.29, 0.717) is 24.1 Å². The van der Waals surface area contributed by atoms with E-state index in [4.69, 9.17) is 23.2 Å². The molecule has 0 spiro atoms. The van der Waals surface area contributed by atoms with Crippen LogP contribution in [-0.4, -0.2) is 36.2 Å². The highest BCUT2D eigenvalue weighted by molar-refractivity contribution is 7.89. The lowest BCUT2D eigenvalue weighted by Gasteiger charge is -2.23. The van der Waals surface area contributed by atoms with E-state index < -0.39 is 33.7 Å². The van der Waals surface area contributed by atoms with Crippen molar-refractivity contribution in [2.75, 3.05) is 6.54 Å². The Morgan fingerprint density at radius 3 is 2.50 bits per heavy atom. The van der Waals surface area contributed by atoms with E-state index in [-0.39, 0.29) is 28.7 Å². The first-order valence-electron chi connectivity index (χ1n) is 8.77. The number of nitrogens with zero attached hydrogens (tertiary/aromatic N) is 2. The molecule has 0 radical (unpaired) electrons. The third-order valence-electron chi connectivity index (χ3n) is 4.60. The van der Waals surface area contributed by atoms with Gasteiger partial charge in [0.25, 0.3) is 0 Å². The average Bonchev–Trinajstić information content (AvgIpc) is 3.17. The number of hydrogen-bond acceptors (Lipinski definition) is 4. The molecule has 1 aromatic heterocycles. The van der Waals surface area contributed by atoms with E-state index >= 15 is 0 Å². The second-order valence-electron chi connectivity index (χ2n) is 6.60. The van der Waals surface area contributed by atoms with Crippen molar-refractivity contribution in [3.8, 4) is 0 Å². The van der Waals surface area contributed by atoms with Crippen LogP contribution in [0.3, 0.4) is 0 Å². The minimum atomic E-state index is -4.58. The van der Waals surface area contributed by atoms with Crippen molar-refractivity contribution >= 4 is 39.1 Å². The lowest BCUT2D eigenvalue weighted by atomic mass is 10.2. The second-order valence-corrected chi connectivity index (χ2v) is 9.33. The highest BCUT2D eigenvalue weighted by atomic mass is 35.5. The summed E-state index contributed by atoms with van der Waals surface area (Å²) in [7, 11) is -3.92. The number of aromatic nitrogens is 1. The highest BCUT2D eigenvalue weighted by Crippen LogP contribution is 2.31. The van der Waals surface area contributed by atoms with Gasteiger partial charge in [-0.1, -0.05) is 23.2 Å². The average molecular weight is 482 g/mol. The molecule has 162 valence electrons. The Bertz CT molecular complexity index is 1050. The topological polar surface area (TPSA) is 79.4 Å². The molecule has 1 N–H and O–H groups in total. The van der Waals surface area contributed by atoms with Gasteiger partial charge in [-0.2, -0.15) is 17.5 Å². The quantitative estimate of drug-likeness (QED) is 0.702. The van der Waals surface area contributed by atoms with Gasteiger partial charge in [0, 0.05) is 17.8 Å². The first-order valence-corrected chi connectivity index (χ1v) is 11.0. The van der Waals surface area contributed by atoms with Crippen LogP contribution in [0.2, 0.25) is 10.0 Å². The molecule has 12 heteroatoms. The van der Waals surface area contributed by atoms with Crippen LogP contribution in [0.4, 0.5) is 13.2 Å². The molecule has 1 fully saturated rings. The molecular weight excluding hydrogens is 466 g/mol. The molecule has 1 aliphatic rings. The molecule has 6 nitrogen and oxygen atoms in total. The molecule has 1 saturated heterocycles. The van der Waals surface area contributed by atoms with Gasteiger partial charge in [0.1, 0.15) is 6.04 Å². The third-order valence-corrected chi connectivity index (χ3v) is 7.10. The van der Waals surface area contributed by atoms with Gasteiger partial charge in [0.2, 0.25) is 15.9 Å². The minimum absolute atomic E-state index is 0.0130. The number of carbonyl (C=O) groups is 1. The van der Waals surface area contributed by atoms with Crippen LogP contribution < -0.4 is 5.32 Å². The van der Waals surface area contributed by atoms with Crippen molar-refractivity contribution < 1.29 is 26.4 Å². The van der Waals surface area contributed by atoms with Gasteiger partial charge in [-0.25, -0.2) is 8.42 Å². The molecule has 0 bridgehead atoms. The van der Waals surface area contributed by atoms with Gasteiger partial charge in [-0.15, -0.1) is 0 Å². The maximum absolute atomic E-state index is 12.9. The number of hydrogen-bond donors (Lipinski definition) is 1. The number of benzene rings is 1. The van der Waals surface area contributed by atoms with E-state index in [1.54, 1.807) is 0 Å². The fraction of sp³-hybridized carbons (Fsp3) is 0.333. The summed E-state index contributed by atoms with van der Waals surface area (Å²) in [6, 6.07) is 5.38. The summed E-state index contributed by atoms with van der Waals surface area (Å²) in [6.45, 7) is -0.0660. The van der Waals surface area contributed by atoms with Crippen molar-refractivity contribution in [1.29, 1.82) is 0 Å². The lowest BCUT2D eigenvalue weighted by molar-refractivity contribution is -0.137. The summed E-state index contributed by atoms with van der Waals surface area (Å²) in [5.74, 6) is -0.581. The van der Waals surface area contributed by atoms with E-state index in [2.05, 4.69) is 10.3 Å². The molecule has 0 saturated carbocycles. The van der Waals surface area contributed by atoms with Crippen LogP contribution in [0.25, 0.3) is 0 Å². The van der Waals surface area contributed by atoms with E-state index in [9.17, 15) is 26.4 Å². The Hall–Kier alpha value is -1.88. The van der Waals surface area contributed by atoms with Crippen molar-refractivity contribution in [3.63, 3.8) is 0 Å². The van der Waals surface area contributed by atoms with Crippen LogP contribution in [0.1, 0.15) is 24.1 Å². The third kappa shape index (κ3) is 4.88. The van der Waals surface area contributed by atoms with Crippen LogP contribution >= 0.6 is 23.2 Å². The second kappa shape index (κ2) is 8.70. The molecule has 3 rings (SSSR count). The van der Waals surface area contributed by atoms with Crippen LogP contribution in [0.5, 0.6) is 0 Å². The summed E-state index contributed by atoms with van der Waals surface area (Å²) >= 11 is 11.6. The Balaban J connectivity index is 1.71. The predicted molar refractivity (Wildman–Crippen MR) is 104 cm³/mol. The maximum Gasteiger partial charge on any atom is 0.417 e. The Labute approximate surface area is 181 Å². The van der Waals surface area contributed by atoms with Gasteiger partial charge in [-0.3, -0.25) is 9.78 Å². The SMILES string of the molecule is O=C(NCc1ncc(C(F)(F)F)cc1Cl)[C@@H]1CCCN1S(=O)(=O)c1ccc(Cl)cc1. The van der Waals surface area contributed by atoms with E-state index in [1.807, 2.05) is 0 Å². The lowest BCUT2D eigenvalue weighted by Crippen LogP contribution is -2.45. The molecule has 1 atom stereocenters. The zero-order valence-electron chi connectivity index (χ0n) is 15.3. The summed E-state index contributed by atoms with van der Waals surface area (Å²) in [5, 5.41) is 2.64. The fourth-order valence-corrected chi connectivity index (χ4v) is 5.09. The number of alkyl halides is 3. The monoisotopic (exact) mass is 481 g/mol. The molecule has 1 aliphatic heterocycles. The highest BCUT2D eigenvalue weighted by Gasteiger charge is 2.39. The first kappa shape index (κ1) is 22.8. The molecule has 1 amide bonds. The Kier molecular flexibility index (Phi) is 6.61. The number of pyridine rings is 1. The molecule has 1 aromatic carbocycles. The number of rotatable bonds is 5. The van der Waals surface area contributed by atoms with Crippen molar-refractivity contribution in [2.24, 2.45) is 0 Å². The van der Waals surface area contributed by atoms with Crippen LogP contribution in [-0.2, 0) is 27.5 Å². The minimum Gasteiger partial charge on any atom is -0.349 e. The van der Waals surface area contributed by atoms with Gasteiger partial charge in [-0.05, 0) is 43.2 Å². The number of amides is 1. The largest absolute Gasteiger partial charge is 0.417 e. The molecule has 0 aliphatic carbocycles. The smallest absolute Gasteiger partial charge is 0.349 e. The van der Waals surface area contributed by atoms with Gasteiger partial charge in [0.15, 0.2) is 0 Å². The van der Waals surface area contributed by atoms with Gasteiger partial charge >= 0.3 is 6.18 Å². The summed E-state index contributed by atoms with van der Waals surface area (Å²) in [5.41, 5.74) is -0.957. The first-order chi connectivity index (χ1) is 14.0. The zero-order chi connectivity index (χ0) is 22.1. The van der Waals surface area contributed by atoms with Crippen LogP contribution in [0, 0.1) is 0 Å². The van der Waals surface area contributed by atoms with Gasteiger partial charge in [0.05, 0.1) is 27.7 Å². The molecule has 30 heavy (non-hydrogen) atoms. The number of carbonyl (C=O) groups excluding carboxylic acids is 1. The fourth-order valence-electron chi connectivity index (χ4n) is 3.07. The predicted octanol–water partition coefficient (Wildman–Crippen LogP) is 3.88. The number of nitrogens with one attached hydrogen (secondary N) is 1. The van der Waals surface area contributed by atoms with E-state index in [1.165, 1.54) is 24.3 Å². The maximum atomic E-state index is 12.9. The van der Waals surface area contributed by atoms with Crippen LogP contribution in [0.15, 0.2) is 41.4 Å². The van der Waals surface area contributed by atoms with Crippen molar-refractivity contribution in [1.82, 2.24) is 14.6 Å². The molecule has 0 unspecified atom stereocenters. The standard InChI is InChI=1S/C18H16Cl2F3N3O3S/c19-12-3-5-13(6-4-12)30(28,29)26-7-1-2-16(26)17(27)25-10-15-14(20)8-11(9-24-15)18(21,22)23/h3-6,8-9,16H,1-2,7,10H2,(H,25,27)/t16-/m0/s1. The Morgan fingerprint density at radius 1 is 1.23 bits per heavy atom. The number of halogens is 5. The Morgan fingerprint density at radius 2 is 1.90 bits per heavy atom. The molecule has 2 aromatic rings. The molecular formula is C18H16Cl2F3N3O3S. The van der Waals surface area contributed by atoms with Gasteiger partial charge < -0.3 is 5.32 Å². The summed E-state index contributed by atoms with van der Waals surface area (Å²) < 4.78 is 65.0. The van der Waals surface area contributed by atoms with Crippen molar-refractivity contribution in [3.05, 3.63) is 57.8 Å². The number of sulfonamides is 1. The normalized spacial score (nSPS) is 17.8. The van der Waals surface area contributed by atoms with Crippen molar-refractivity contribution in [2.45, 2.75) is 36.5 Å². The zero-order valence-corrected chi connectivity index (χ0v) is 17.6. The summed E-state index contributed by atoms with van der Waals surface area (Å²) in [6.07, 6.45) is -3.16. The molecule has 2 heterocycles. The summed E-state index contributed by atoms with van der Waals surface area (Å²) in [4.78, 5) is 16.3. The van der Waals surface area contributed by atoms with E-state index in [0.717, 1.165) is 10.4 Å².